The normalized spacial score (nSPS) is 10.6. The first-order chi connectivity index (χ1) is 9.65. The molecule has 1 heterocycles. The quantitative estimate of drug-likeness (QED) is 0.899. The summed E-state index contributed by atoms with van der Waals surface area (Å²) in [6.07, 6.45) is 1.96. The Labute approximate surface area is 121 Å². The van der Waals surface area contributed by atoms with E-state index in [9.17, 15) is 0 Å². The number of nitrogens with zero attached hydrogens (tertiary/aromatic N) is 2. The van der Waals surface area contributed by atoms with Crippen LogP contribution in [0.15, 0.2) is 36.5 Å². The standard InChI is InChI=1S/C17H23N3/c1-5-20(16-8-6-7-13(2)9-16)17-14(3)10-15(11-18-4)12-19-17/h6-10,12,18H,5,11H2,1-4H3. The lowest BCUT2D eigenvalue weighted by atomic mass is 10.1. The van der Waals surface area contributed by atoms with Crippen molar-refractivity contribution in [3.63, 3.8) is 0 Å². The van der Waals surface area contributed by atoms with Crippen molar-refractivity contribution < 1.29 is 0 Å². The Morgan fingerprint density at radius 1 is 1.20 bits per heavy atom. The Hall–Kier alpha value is -1.87. The molecular weight excluding hydrogens is 246 g/mol. The van der Waals surface area contributed by atoms with Crippen molar-refractivity contribution in [3.05, 3.63) is 53.2 Å². The van der Waals surface area contributed by atoms with Gasteiger partial charge in [-0.05, 0) is 62.7 Å². The predicted octanol–water partition coefficient (Wildman–Crippen LogP) is 3.58. The third kappa shape index (κ3) is 3.17. The smallest absolute Gasteiger partial charge is 0.135 e. The number of benzene rings is 1. The SMILES string of the molecule is CCN(c1cccc(C)c1)c1ncc(CNC)cc1C. The highest BCUT2D eigenvalue weighted by Crippen LogP contribution is 2.27. The van der Waals surface area contributed by atoms with Gasteiger partial charge < -0.3 is 10.2 Å². The summed E-state index contributed by atoms with van der Waals surface area (Å²) in [5, 5.41) is 3.16. The summed E-state index contributed by atoms with van der Waals surface area (Å²) in [4.78, 5) is 6.92. The predicted molar refractivity (Wildman–Crippen MR) is 85.6 cm³/mol. The minimum atomic E-state index is 0.852. The van der Waals surface area contributed by atoms with Crippen molar-refractivity contribution in [1.29, 1.82) is 0 Å². The van der Waals surface area contributed by atoms with Crippen molar-refractivity contribution in [3.8, 4) is 0 Å². The zero-order valence-corrected chi connectivity index (χ0v) is 12.8. The number of pyridine rings is 1. The number of hydrogen-bond acceptors (Lipinski definition) is 3. The Morgan fingerprint density at radius 3 is 2.60 bits per heavy atom. The highest BCUT2D eigenvalue weighted by Gasteiger charge is 2.11. The van der Waals surface area contributed by atoms with Crippen LogP contribution in [0, 0.1) is 13.8 Å². The number of anilines is 2. The van der Waals surface area contributed by atoms with Crippen molar-refractivity contribution in [2.45, 2.75) is 27.3 Å². The third-order valence-corrected chi connectivity index (χ3v) is 3.37. The minimum Gasteiger partial charge on any atom is -0.326 e. The monoisotopic (exact) mass is 269 g/mol. The second kappa shape index (κ2) is 6.53. The zero-order chi connectivity index (χ0) is 14.5. The lowest BCUT2D eigenvalue weighted by molar-refractivity contribution is 0.810. The Morgan fingerprint density at radius 2 is 2.00 bits per heavy atom. The molecule has 2 aromatic rings. The second-order valence-electron chi connectivity index (χ2n) is 5.10. The second-order valence-corrected chi connectivity index (χ2v) is 5.10. The van der Waals surface area contributed by atoms with Gasteiger partial charge in [0.1, 0.15) is 5.82 Å². The summed E-state index contributed by atoms with van der Waals surface area (Å²) >= 11 is 0. The summed E-state index contributed by atoms with van der Waals surface area (Å²) in [7, 11) is 1.95. The maximum absolute atomic E-state index is 4.66. The van der Waals surface area contributed by atoms with Gasteiger partial charge in [-0.25, -0.2) is 4.98 Å². The zero-order valence-electron chi connectivity index (χ0n) is 12.8. The molecule has 0 spiro atoms. The summed E-state index contributed by atoms with van der Waals surface area (Å²) in [6, 6.07) is 10.8. The van der Waals surface area contributed by atoms with Crippen molar-refractivity contribution >= 4 is 11.5 Å². The molecule has 1 N–H and O–H groups in total. The van der Waals surface area contributed by atoms with Gasteiger partial charge in [-0.1, -0.05) is 12.1 Å². The van der Waals surface area contributed by atoms with Crippen LogP contribution in [-0.2, 0) is 6.54 Å². The molecule has 106 valence electrons. The van der Waals surface area contributed by atoms with Crippen LogP contribution in [0.3, 0.4) is 0 Å². The largest absolute Gasteiger partial charge is 0.326 e. The lowest BCUT2D eigenvalue weighted by Crippen LogP contribution is -2.19. The first-order valence-electron chi connectivity index (χ1n) is 7.10. The van der Waals surface area contributed by atoms with E-state index in [1.807, 2.05) is 13.2 Å². The summed E-state index contributed by atoms with van der Waals surface area (Å²) in [5.41, 5.74) is 4.89. The van der Waals surface area contributed by atoms with E-state index in [4.69, 9.17) is 0 Å². The van der Waals surface area contributed by atoms with Crippen molar-refractivity contribution in [2.75, 3.05) is 18.5 Å². The third-order valence-electron chi connectivity index (χ3n) is 3.37. The average molecular weight is 269 g/mol. The fourth-order valence-corrected chi connectivity index (χ4v) is 2.46. The van der Waals surface area contributed by atoms with E-state index in [-0.39, 0.29) is 0 Å². The average Bonchev–Trinajstić information content (AvgIpc) is 2.42. The highest BCUT2D eigenvalue weighted by molar-refractivity contribution is 5.63. The van der Waals surface area contributed by atoms with Gasteiger partial charge in [0, 0.05) is 25.0 Å². The molecule has 2 rings (SSSR count). The molecule has 1 aromatic carbocycles. The molecule has 3 heteroatoms. The molecule has 0 atom stereocenters. The molecule has 1 aromatic heterocycles. The van der Waals surface area contributed by atoms with E-state index in [0.717, 1.165) is 18.9 Å². The molecule has 0 aliphatic rings. The van der Waals surface area contributed by atoms with Gasteiger partial charge in [-0.3, -0.25) is 0 Å². The maximum Gasteiger partial charge on any atom is 0.135 e. The number of nitrogens with one attached hydrogen (secondary N) is 1. The van der Waals surface area contributed by atoms with E-state index < -0.39 is 0 Å². The van der Waals surface area contributed by atoms with E-state index >= 15 is 0 Å². The molecule has 0 aliphatic heterocycles. The van der Waals surface area contributed by atoms with E-state index in [1.54, 1.807) is 0 Å². The molecule has 0 saturated heterocycles. The first kappa shape index (κ1) is 14.5. The number of hydrogen-bond donors (Lipinski definition) is 1. The summed E-state index contributed by atoms with van der Waals surface area (Å²) in [5.74, 6) is 1.04. The molecule has 0 saturated carbocycles. The number of aromatic nitrogens is 1. The van der Waals surface area contributed by atoms with Crippen LogP contribution in [0.4, 0.5) is 11.5 Å². The molecule has 0 bridgehead atoms. The van der Waals surface area contributed by atoms with Crippen molar-refractivity contribution in [1.82, 2.24) is 10.3 Å². The Kier molecular flexibility index (Phi) is 4.74. The molecular formula is C17H23N3. The molecule has 0 fully saturated rings. The molecule has 0 amide bonds. The lowest BCUT2D eigenvalue weighted by Gasteiger charge is -2.24. The van der Waals surface area contributed by atoms with Crippen LogP contribution in [0.25, 0.3) is 0 Å². The van der Waals surface area contributed by atoms with Crippen LogP contribution in [0.1, 0.15) is 23.6 Å². The highest BCUT2D eigenvalue weighted by atomic mass is 15.2. The van der Waals surface area contributed by atoms with Gasteiger partial charge in [0.25, 0.3) is 0 Å². The van der Waals surface area contributed by atoms with Crippen LogP contribution in [-0.4, -0.2) is 18.6 Å². The number of rotatable bonds is 5. The van der Waals surface area contributed by atoms with Gasteiger partial charge in [-0.2, -0.15) is 0 Å². The Balaban J connectivity index is 2.37. The molecule has 20 heavy (non-hydrogen) atoms. The van der Waals surface area contributed by atoms with Gasteiger partial charge in [0.05, 0.1) is 0 Å². The van der Waals surface area contributed by atoms with Gasteiger partial charge >= 0.3 is 0 Å². The Bertz CT molecular complexity index is 578. The fraction of sp³-hybridized carbons (Fsp3) is 0.353. The van der Waals surface area contributed by atoms with Crippen LogP contribution < -0.4 is 10.2 Å². The molecule has 0 radical (unpaired) electrons. The maximum atomic E-state index is 4.66. The first-order valence-corrected chi connectivity index (χ1v) is 7.10. The molecule has 0 aliphatic carbocycles. The van der Waals surface area contributed by atoms with Crippen LogP contribution >= 0.6 is 0 Å². The van der Waals surface area contributed by atoms with Gasteiger partial charge in [-0.15, -0.1) is 0 Å². The van der Waals surface area contributed by atoms with Crippen LogP contribution in [0.5, 0.6) is 0 Å². The summed E-state index contributed by atoms with van der Waals surface area (Å²) < 4.78 is 0. The fourth-order valence-electron chi connectivity index (χ4n) is 2.46. The van der Waals surface area contributed by atoms with Crippen molar-refractivity contribution in [2.24, 2.45) is 0 Å². The van der Waals surface area contributed by atoms with Crippen LogP contribution in [0.2, 0.25) is 0 Å². The van der Waals surface area contributed by atoms with E-state index in [1.165, 1.54) is 22.4 Å². The van der Waals surface area contributed by atoms with Gasteiger partial charge in [0.2, 0.25) is 0 Å². The molecule has 0 unspecified atom stereocenters. The minimum absolute atomic E-state index is 0.852. The van der Waals surface area contributed by atoms with Gasteiger partial charge in [0.15, 0.2) is 0 Å². The van der Waals surface area contributed by atoms with E-state index in [2.05, 4.69) is 66.3 Å². The van der Waals surface area contributed by atoms with E-state index in [0.29, 0.717) is 0 Å². The topological polar surface area (TPSA) is 28.2 Å². The molecule has 3 nitrogen and oxygen atoms in total. The number of aryl methyl sites for hydroxylation is 2. The summed E-state index contributed by atoms with van der Waals surface area (Å²) in [6.45, 7) is 8.16.